The molecule has 1 amide bonds. The number of sulfone groups is 1. The van der Waals surface area contributed by atoms with Gasteiger partial charge in [0, 0.05) is 6.42 Å². The van der Waals surface area contributed by atoms with Gasteiger partial charge in [-0.05, 0) is 54.8 Å². The molecule has 7 heteroatoms. The summed E-state index contributed by atoms with van der Waals surface area (Å²) in [5, 5.41) is 9.32. The van der Waals surface area contributed by atoms with Crippen LogP contribution in [0.1, 0.15) is 19.4 Å². The smallest absolute Gasteiger partial charge is 0.265 e. The Kier molecular flexibility index (Phi) is 7.54. The summed E-state index contributed by atoms with van der Waals surface area (Å²) in [6.07, 6.45) is -0.124. The van der Waals surface area contributed by atoms with Gasteiger partial charge >= 0.3 is 0 Å². The highest BCUT2D eigenvalue weighted by atomic mass is 32.2. The molecule has 0 aliphatic rings. The van der Waals surface area contributed by atoms with Gasteiger partial charge in [0.1, 0.15) is 12.4 Å². The average molecular weight is 464 g/mol. The lowest BCUT2D eigenvalue weighted by Gasteiger charge is -2.27. The first kappa shape index (κ1) is 24.1. The zero-order chi connectivity index (χ0) is 23.9. The van der Waals surface area contributed by atoms with Crippen molar-refractivity contribution in [1.29, 1.82) is 0 Å². The van der Waals surface area contributed by atoms with Crippen molar-refractivity contribution in [2.24, 2.45) is 0 Å². The molecule has 3 aromatic carbocycles. The Morgan fingerprint density at radius 3 is 2.15 bits per heavy atom. The lowest BCUT2D eigenvalue weighted by atomic mass is 9.97. The number of hydroxylamine groups is 1. The van der Waals surface area contributed by atoms with Crippen LogP contribution < -0.4 is 10.2 Å². The minimum absolute atomic E-state index is 0.0524. The molecule has 0 radical (unpaired) electrons. The van der Waals surface area contributed by atoms with Crippen molar-refractivity contribution in [3.05, 3.63) is 84.4 Å². The molecule has 0 heterocycles. The lowest BCUT2D eigenvalue weighted by molar-refractivity contribution is -0.131. The fourth-order valence-corrected chi connectivity index (χ4v) is 5.08. The van der Waals surface area contributed by atoms with Crippen LogP contribution in [0.15, 0.2) is 83.8 Å². The van der Waals surface area contributed by atoms with Crippen molar-refractivity contribution in [3.63, 3.8) is 0 Å². The molecule has 1 unspecified atom stereocenters. The molecule has 0 saturated heterocycles. The van der Waals surface area contributed by atoms with Crippen LogP contribution in [0, 0.1) is 11.8 Å². The summed E-state index contributed by atoms with van der Waals surface area (Å²) in [6, 6.07) is 22.9. The molecule has 0 aliphatic heterocycles. The van der Waals surface area contributed by atoms with E-state index in [4.69, 9.17) is 4.74 Å². The van der Waals surface area contributed by atoms with Gasteiger partial charge in [-0.3, -0.25) is 10.0 Å². The van der Waals surface area contributed by atoms with Crippen molar-refractivity contribution in [1.82, 2.24) is 5.48 Å². The molecule has 0 aliphatic carbocycles. The fraction of sp³-hybridized carbons (Fsp3) is 0.192. The minimum Gasteiger partial charge on any atom is -0.481 e. The van der Waals surface area contributed by atoms with Crippen molar-refractivity contribution in [2.75, 3.05) is 6.61 Å². The summed E-state index contributed by atoms with van der Waals surface area (Å²) in [5.41, 5.74) is 4.17. The topological polar surface area (TPSA) is 92.7 Å². The third kappa shape index (κ3) is 5.25. The number of ether oxygens (including phenoxy) is 1. The number of benzene rings is 3. The van der Waals surface area contributed by atoms with Gasteiger partial charge in [0.15, 0.2) is 14.6 Å². The number of hydrogen-bond donors (Lipinski definition) is 2. The van der Waals surface area contributed by atoms with Gasteiger partial charge in [-0.1, -0.05) is 60.5 Å². The van der Waals surface area contributed by atoms with E-state index in [0.717, 1.165) is 11.1 Å². The van der Waals surface area contributed by atoms with E-state index in [0.29, 0.717) is 11.3 Å². The number of rotatable bonds is 8. The Hall–Kier alpha value is -3.60. The third-order valence-electron chi connectivity index (χ3n) is 5.40. The quantitative estimate of drug-likeness (QED) is 0.299. The molecule has 0 spiro atoms. The van der Waals surface area contributed by atoms with Crippen LogP contribution in [-0.4, -0.2) is 30.9 Å². The highest BCUT2D eigenvalue weighted by molar-refractivity contribution is 7.93. The molecule has 33 heavy (non-hydrogen) atoms. The summed E-state index contributed by atoms with van der Waals surface area (Å²) in [5.74, 6) is 4.92. The molecule has 3 aromatic rings. The summed E-state index contributed by atoms with van der Waals surface area (Å²) in [7, 11) is -4.17. The molecule has 0 saturated carbocycles. The minimum atomic E-state index is -4.17. The Morgan fingerprint density at radius 1 is 0.970 bits per heavy atom. The first-order chi connectivity index (χ1) is 15.8. The van der Waals surface area contributed by atoms with Crippen LogP contribution >= 0.6 is 0 Å². The highest BCUT2D eigenvalue weighted by Crippen LogP contribution is 2.31. The second-order valence-electron chi connectivity index (χ2n) is 7.60. The summed E-state index contributed by atoms with van der Waals surface area (Å²) in [6.45, 7) is 3.19. The highest BCUT2D eigenvalue weighted by Gasteiger charge is 2.47. The van der Waals surface area contributed by atoms with Crippen LogP contribution in [0.2, 0.25) is 0 Å². The maximum Gasteiger partial charge on any atom is 0.265 e. The van der Waals surface area contributed by atoms with E-state index >= 15 is 0 Å². The van der Waals surface area contributed by atoms with Crippen molar-refractivity contribution in [2.45, 2.75) is 29.9 Å². The standard InChI is InChI=1S/C26H25NO5S/c1-3-4-18-32-23-14-16-24(17-15-23)33(30,31)26(2,25(28)27-29)19-20-10-12-22(13-11-20)21-8-6-5-7-9-21/h5-17,29H,18-19H2,1-2H3,(H,27,28). The van der Waals surface area contributed by atoms with Crippen molar-refractivity contribution in [3.8, 4) is 28.7 Å². The SMILES string of the molecule is CC#CCOc1ccc(S(=O)(=O)C(C)(Cc2ccc(-c3ccccc3)cc2)C(=O)NO)cc1. The Balaban J connectivity index is 1.89. The van der Waals surface area contributed by atoms with Crippen molar-refractivity contribution < 1.29 is 23.2 Å². The van der Waals surface area contributed by atoms with Gasteiger partial charge in [-0.15, -0.1) is 5.92 Å². The normalized spacial score (nSPS) is 12.7. The van der Waals surface area contributed by atoms with Gasteiger partial charge in [0.2, 0.25) is 0 Å². The summed E-state index contributed by atoms with van der Waals surface area (Å²) < 4.78 is 30.5. The molecule has 2 N–H and O–H groups in total. The van der Waals surface area contributed by atoms with Gasteiger partial charge < -0.3 is 4.74 Å². The molecule has 0 fully saturated rings. The molecule has 6 nitrogen and oxygen atoms in total. The predicted octanol–water partition coefficient (Wildman–Crippen LogP) is 4.04. The Bertz CT molecular complexity index is 1260. The molecule has 3 rings (SSSR count). The van der Waals surface area contributed by atoms with E-state index in [2.05, 4.69) is 11.8 Å². The van der Waals surface area contributed by atoms with Gasteiger partial charge in [0.25, 0.3) is 5.91 Å². The van der Waals surface area contributed by atoms with Crippen LogP contribution in [0.25, 0.3) is 11.1 Å². The average Bonchev–Trinajstić information content (AvgIpc) is 2.85. The molecule has 170 valence electrons. The number of amides is 1. The second-order valence-corrected chi connectivity index (χ2v) is 9.98. The largest absolute Gasteiger partial charge is 0.481 e. The summed E-state index contributed by atoms with van der Waals surface area (Å²) in [4.78, 5) is 12.6. The molecule has 0 aromatic heterocycles. The van der Waals surface area contributed by atoms with Gasteiger partial charge in [0.05, 0.1) is 4.90 Å². The van der Waals surface area contributed by atoms with Crippen LogP contribution in [0.5, 0.6) is 5.75 Å². The molecular weight excluding hydrogens is 438 g/mol. The first-order valence-electron chi connectivity index (χ1n) is 10.3. The molecular formula is C26H25NO5S. The first-order valence-corrected chi connectivity index (χ1v) is 11.8. The van der Waals surface area contributed by atoms with E-state index in [1.54, 1.807) is 19.1 Å². The van der Waals surface area contributed by atoms with Crippen LogP contribution in [-0.2, 0) is 21.1 Å². The number of nitrogens with one attached hydrogen (secondary N) is 1. The van der Waals surface area contributed by atoms with Gasteiger partial charge in [-0.2, -0.15) is 0 Å². The van der Waals surface area contributed by atoms with Gasteiger partial charge in [-0.25, -0.2) is 13.9 Å². The Morgan fingerprint density at radius 2 is 1.58 bits per heavy atom. The van der Waals surface area contributed by atoms with E-state index in [1.807, 2.05) is 42.5 Å². The van der Waals surface area contributed by atoms with Crippen LogP contribution in [0.4, 0.5) is 0 Å². The zero-order valence-electron chi connectivity index (χ0n) is 18.4. The monoisotopic (exact) mass is 463 g/mol. The maximum atomic E-state index is 13.5. The third-order valence-corrected chi connectivity index (χ3v) is 7.81. The van der Waals surface area contributed by atoms with E-state index in [-0.39, 0.29) is 17.9 Å². The van der Waals surface area contributed by atoms with Crippen molar-refractivity contribution >= 4 is 15.7 Å². The van der Waals surface area contributed by atoms with Crippen LogP contribution in [0.3, 0.4) is 0 Å². The number of carbonyl (C=O) groups is 1. The Labute approximate surface area is 194 Å². The lowest BCUT2D eigenvalue weighted by Crippen LogP contribution is -2.51. The molecule has 0 bridgehead atoms. The fourth-order valence-electron chi connectivity index (χ4n) is 3.42. The number of carbonyl (C=O) groups excluding carboxylic acids is 1. The summed E-state index contributed by atoms with van der Waals surface area (Å²) >= 11 is 0. The second kappa shape index (κ2) is 10.3. The molecule has 1 atom stereocenters. The maximum absolute atomic E-state index is 13.5. The predicted molar refractivity (Wildman–Crippen MR) is 126 cm³/mol. The zero-order valence-corrected chi connectivity index (χ0v) is 19.2. The van der Waals surface area contributed by atoms with E-state index in [9.17, 15) is 18.4 Å². The van der Waals surface area contributed by atoms with E-state index < -0.39 is 20.5 Å². The van der Waals surface area contributed by atoms with E-state index in [1.165, 1.54) is 36.7 Å². The number of hydrogen-bond acceptors (Lipinski definition) is 5.